The molecule has 17 heavy (non-hydrogen) atoms. The van der Waals surface area contributed by atoms with Crippen LogP contribution in [0, 0.1) is 5.82 Å². The first-order chi connectivity index (χ1) is 8.25. The molecule has 1 atom stereocenters. The lowest BCUT2D eigenvalue weighted by atomic mass is 10.0. The van der Waals surface area contributed by atoms with Crippen LogP contribution in [-0.4, -0.2) is 5.91 Å². The average molecular weight is 232 g/mol. The highest BCUT2D eigenvalue weighted by Gasteiger charge is 2.29. The van der Waals surface area contributed by atoms with Gasteiger partial charge in [0, 0.05) is 5.56 Å². The minimum absolute atomic E-state index is 0.302. The molecule has 4 nitrogen and oxygen atoms in total. The third-order valence-electron chi connectivity index (χ3n) is 2.70. The number of fused-ring (bicyclic) bond motifs is 1. The molecule has 0 saturated heterocycles. The van der Waals surface area contributed by atoms with Gasteiger partial charge in [0.2, 0.25) is 0 Å². The molecule has 1 unspecified atom stereocenters. The standard InChI is InChI=1S/C12H9FN2O2/c13-8-4-2-1-3-7(8)11-12(16)15-10-6-17-5-9(10)14-11/h1-6,11,14H,(H,15,16). The molecule has 1 aromatic heterocycles. The van der Waals surface area contributed by atoms with Crippen LogP contribution in [-0.2, 0) is 4.79 Å². The van der Waals surface area contributed by atoms with Crippen molar-refractivity contribution in [3.05, 3.63) is 48.2 Å². The number of halogens is 1. The Labute approximate surface area is 96.4 Å². The fraction of sp³-hybridized carbons (Fsp3) is 0.0833. The molecule has 0 spiro atoms. The van der Waals surface area contributed by atoms with Gasteiger partial charge in [-0.05, 0) is 6.07 Å². The van der Waals surface area contributed by atoms with Gasteiger partial charge in [0.1, 0.15) is 30.1 Å². The molecular weight excluding hydrogens is 223 g/mol. The Balaban J connectivity index is 2.01. The van der Waals surface area contributed by atoms with Crippen LogP contribution in [0.4, 0.5) is 15.8 Å². The number of nitrogens with one attached hydrogen (secondary N) is 2. The van der Waals surface area contributed by atoms with Gasteiger partial charge in [-0.2, -0.15) is 0 Å². The lowest BCUT2D eigenvalue weighted by Gasteiger charge is -2.24. The molecular formula is C12H9FN2O2. The van der Waals surface area contributed by atoms with Gasteiger partial charge in [-0.25, -0.2) is 4.39 Å². The zero-order valence-corrected chi connectivity index (χ0v) is 8.74. The van der Waals surface area contributed by atoms with Gasteiger partial charge < -0.3 is 15.1 Å². The lowest BCUT2D eigenvalue weighted by molar-refractivity contribution is -0.117. The fourth-order valence-electron chi connectivity index (χ4n) is 1.86. The molecule has 0 saturated carbocycles. The average Bonchev–Trinajstić information content (AvgIpc) is 2.76. The molecule has 0 fully saturated rings. The van der Waals surface area contributed by atoms with Gasteiger partial charge in [0.15, 0.2) is 0 Å². The summed E-state index contributed by atoms with van der Waals surface area (Å²) >= 11 is 0. The third kappa shape index (κ3) is 1.56. The van der Waals surface area contributed by atoms with Crippen molar-refractivity contribution in [3.63, 3.8) is 0 Å². The van der Waals surface area contributed by atoms with Gasteiger partial charge in [0.25, 0.3) is 5.91 Å². The summed E-state index contributed by atoms with van der Waals surface area (Å²) in [5, 5.41) is 5.59. The number of amides is 1. The van der Waals surface area contributed by atoms with Crippen LogP contribution in [0.2, 0.25) is 0 Å². The van der Waals surface area contributed by atoms with Crippen LogP contribution in [0.3, 0.4) is 0 Å². The second kappa shape index (κ2) is 3.62. The van der Waals surface area contributed by atoms with E-state index in [2.05, 4.69) is 10.6 Å². The molecule has 1 aromatic carbocycles. The fourth-order valence-corrected chi connectivity index (χ4v) is 1.86. The molecule has 86 valence electrons. The summed E-state index contributed by atoms with van der Waals surface area (Å²) < 4.78 is 18.6. The second-order valence-electron chi connectivity index (χ2n) is 3.79. The Morgan fingerprint density at radius 2 is 1.94 bits per heavy atom. The maximum absolute atomic E-state index is 13.6. The third-order valence-corrected chi connectivity index (χ3v) is 2.70. The first-order valence-electron chi connectivity index (χ1n) is 5.14. The van der Waals surface area contributed by atoms with Gasteiger partial charge in [-0.1, -0.05) is 18.2 Å². The van der Waals surface area contributed by atoms with Crippen molar-refractivity contribution in [1.82, 2.24) is 0 Å². The number of furan rings is 1. The van der Waals surface area contributed by atoms with E-state index in [0.29, 0.717) is 16.9 Å². The molecule has 0 aliphatic carbocycles. The first-order valence-corrected chi connectivity index (χ1v) is 5.14. The van der Waals surface area contributed by atoms with E-state index in [0.717, 1.165) is 0 Å². The monoisotopic (exact) mass is 232 g/mol. The Bertz CT molecular complexity index is 579. The quantitative estimate of drug-likeness (QED) is 0.794. The van der Waals surface area contributed by atoms with E-state index in [1.54, 1.807) is 18.2 Å². The van der Waals surface area contributed by atoms with Crippen LogP contribution in [0.15, 0.2) is 41.2 Å². The Kier molecular flexibility index (Phi) is 2.11. The van der Waals surface area contributed by atoms with E-state index in [1.807, 2.05) is 0 Å². The highest BCUT2D eigenvalue weighted by atomic mass is 19.1. The number of rotatable bonds is 1. The summed E-state index contributed by atoms with van der Waals surface area (Å²) in [6.45, 7) is 0. The minimum atomic E-state index is -0.735. The molecule has 3 rings (SSSR count). The van der Waals surface area contributed by atoms with Crippen molar-refractivity contribution in [2.75, 3.05) is 10.6 Å². The van der Waals surface area contributed by atoms with E-state index < -0.39 is 11.9 Å². The van der Waals surface area contributed by atoms with Crippen molar-refractivity contribution in [2.45, 2.75) is 6.04 Å². The summed E-state index contributed by atoms with van der Waals surface area (Å²) in [4.78, 5) is 11.8. The number of hydrogen-bond donors (Lipinski definition) is 2. The van der Waals surface area contributed by atoms with E-state index >= 15 is 0 Å². The smallest absolute Gasteiger partial charge is 0.251 e. The molecule has 5 heteroatoms. The molecule has 2 aromatic rings. The largest absolute Gasteiger partial charge is 0.468 e. The highest BCUT2D eigenvalue weighted by molar-refractivity contribution is 6.03. The Hall–Kier alpha value is -2.30. The Morgan fingerprint density at radius 1 is 1.18 bits per heavy atom. The molecule has 2 heterocycles. The van der Waals surface area contributed by atoms with Gasteiger partial charge in [0.05, 0.1) is 5.69 Å². The maximum atomic E-state index is 13.6. The maximum Gasteiger partial charge on any atom is 0.251 e. The summed E-state index contributed by atoms with van der Waals surface area (Å²) in [5.74, 6) is -0.712. The minimum Gasteiger partial charge on any atom is -0.468 e. The molecule has 1 aliphatic rings. The lowest BCUT2D eigenvalue weighted by Crippen LogP contribution is -2.31. The van der Waals surface area contributed by atoms with Crippen LogP contribution in [0.5, 0.6) is 0 Å². The van der Waals surface area contributed by atoms with E-state index in [4.69, 9.17) is 4.42 Å². The second-order valence-corrected chi connectivity index (χ2v) is 3.79. The van der Waals surface area contributed by atoms with Crippen molar-refractivity contribution in [2.24, 2.45) is 0 Å². The first kappa shape index (κ1) is 9.89. The molecule has 1 aliphatic heterocycles. The van der Waals surface area contributed by atoms with Crippen molar-refractivity contribution < 1.29 is 13.6 Å². The van der Waals surface area contributed by atoms with E-state index in [1.165, 1.54) is 18.6 Å². The number of hydrogen-bond acceptors (Lipinski definition) is 3. The predicted octanol–water partition coefficient (Wildman–Crippen LogP) is 2.52. The summed E-state index contributed by atoms with van der Waals surface area (Å²) in [7, 11) is 0. The summed E-state index contributed by atoms with van der Waals surface area (Å²) in [6.07, 6.45) is 2.90. The van der Waals surface area contributed by atoms with Crippen LogP contribution < -0.4 is 10.6 Å². The van der Waals surface area contributed by atoms with Crippen LogP contribution >= 0.6 is 0 Å². The van der Waals surface area contributed by atoms with Crippen molar-refractivity contribution in [1.29, 1.82) is 0 Å². The van der Waals surface area contributed by atoms with Crippen LogP contribution in [0.1, 0.15) is 11.6 Å². The molecule has 2 N–H and O–H groups in total. The number of benzene rings is 1. The number of carbonyl (C=O) groups is 1. The molecule has 1 amide bonds. The zero-order chi connectivity index (χ0) is 11.8. The van der Waals surface area contributed by atoms with E-state index in [-0.39, 0.29) is 5.91 Å². The summed E-state index contributed by atoms with van der Waals surface area (Å²) in [6, 6.07) is 5.45. The Morgan fingerprint density at radius 3 is 2.76 bits per heavy atom. The topological polar surface area (TPSA) is 54.3 Å². The number of carbonyl (C=O) groups excluding carboxylic acids is 1. The predicted molar refractivity (Wildman–Crippen MR) is 60.1 cm³/mol. The van der Waals surface area contributed by atoms with E-state index in [9.17, 15) is 9.18 Å². The normalized spacial score (nSPS) is 18.2. The zero-order valence-electron chi connectivity index (χ0n) is 8.74. The van der Waals surface area contributed by atoms with Gasteiger partial charge in [-0.3, -0.25) is 4.79 Å². The van der Waals surface area contributed by atoms with Gasteiger partial charge >= 0.3 is 0 Å². The van der Waals surface area contributed by atoms with Gasteiger partial charge in [-0.15, -0.1) is 0 Å². The highest BCUT2D eigenvalue weighted by Crippen LogP contribution is 2.33. The SMILES string of the molecule is O=C1Nc2cocc2NC1c1ccccc1F. The number of anilines is 2. The van der Waals surface area contributed by atoms with Crippen molar-refractivity contribution >= 4 is 17.3 Å². The molecule has 0 bridgehead atoms. The summed E-state index contributed by atoms with van der Waals surface area (Å²) in [5.41, 5.74) is 1.54. The molecule has 0 radical (unpaired) electrons. The van der Waals surface area contributed by atoms with Crippen LogP contribution in [0.25, 0.3) is 0 Å². The van der Waals surface area contributed by atoms with Crippen molar-refractivity contribution in [3.8, 4) is 0 Å².